The molecule has 0 bridgehead atoms. The third-order valence-corrected chi connectivity index (χ3v) is 5.14. The Morgan fingerprint density at radius 3 is 3.15 bits per heavy atom. The zero-order valence-electron chi connectivity index (χ0n) is 12.3. The fourth-order valence-electron chi connectivity index (χ4n) is 2.89. The summed E-state index contributed by atoms with van der Waals surface area (Å²) in [5, 5.41) is 5.41. The maximum Gasteiger partial charge on any atom is 0.166 e. The van der Waals surface area contributed by atoms with E-state index in [9.17, 15) is 0 Å². The molecule has 2 aromatic rings. The summed E-state index contributed by atoms with van der Waals surface area (Å²) < 4.78 is 0. The first-order valence-corrected chi connectivity index (χ1v) is 8.49. The van der Waals surface area contributed by atoms with Gasteiger partial charge in [0.25, 0.3) is 0 Å². The summed E-state index contributed by atoms with van der Waals surface area (Å²) >= 11 is 1.91. The highest BCUT2D eigenvalue weighted by atomic mass is 32.2. The molecule has 2 N–H and O–H groups in total. The minimum Gasteiger partial charge on any atom is -0.333 e. The number of fused-ring (bicyclic) bond motifs is 1. The van der Waals surface area contributed by atoms with Crippen molar-refractivity contribution in [3.05, 3.63) is 23.8 Å². The second-order valence-electron chi connectivity index (χ2n) is 5.77. The van der Waals surface area contributed by atoms with Gasteiger partial charge in [-0.15, -0.1) is 0 Å². The number of rotatable bonds is 5. The van der Waals surface area contributed by atoms with Crippen LogP contribution >= 0.6 is 11.8 Å². The van der Waals surface area contributed by atoms with E-state index in [1.165, 1.54) is 31.2 Å². The summed E-state index contributed by atoms with van der Waals surface area (Å²) in [7, 11) is 0. The largest absolute Gasteiger partial charge is 0.333 e. The van der Waals surface area contributed by atoms with Gasteiger partial charge in [-0.3, -0.25) is 0 Å². The Morgan fingerprint density at radius 2 is 2.30 bits per heavy atom. The van der Waals surface area contributed by atoms with Crippen molar-refractivity contribution in [2.75, 3.05) is 6.54 Å². The van der Waals surface area contributed by atoms with Crippen LogP contribution in [0.25, 0.3) is 11.0 Å². The lowest BCUT2D eigenvalue weighted by Gasteiger charge is -2.11. The third-order valence-electron chi connectivity index (χ3n) is 3.96. The summed E-state index contributed by atoms with van der Waals surface area (Å²) in [4.78, 5) is 8.14. The zero-order chi connectivity index (χ0) is 13.9. The first kappa shape index (κ1) is 14.0. The van der Waals surface area contributed by atoms with Crippen LogP contribution < -0.4 is 5.32 Å². The van der Waals surface area contributed by atoms with E-state index in [4.69, 9.17) is 4.98 Å². The third kappa shape index (κ3) is 3.18. The van der Waals surface area contributed by atoms with Crippen LogP contribution in [0.3, 0.4) is 0 Å². The molecule has 0 amide bonds. The number of thioether (sulfide) groups is 1. The lowest BCUT2D eigenvalue weighted by Crippen LogP contribution is -2.27. The average Bonchev–Trinajstić information content (AvgIpc) is 3.02. The topological polar surface area (TPSA) is 40.7 Å². The van der Waals surface area contributed by atoms with E-state index in [1.54, 1.807) is 0 Å². The molecular formula is C16H23N3S. The molecule has 0 radical (unpaired) electrons. The van der Waals surface area contributed by atoms with E-state index in [1.807, 2.05) is 11.8 Å². The summed E-state index contributed by atoms with van der Waals surface area (Å²) in [6.45, 7) is 5.49. The number of hydrogen-bond donors (Lipinski definition) is 2. The highest BCUT2D eigenvalue weighted by molar-refractivity contribution is 7.99. The van der Waals surface area contributed by atoms with Crippen LogP contribution in [0.2, 0.25) is 0 Å². The number of benzene rings is 1. The molecule has 0 aliphatic heterocycles. The van der Waals surface area contributed by atoms with Gasteiger partial charge in [0.1, 0.15) is 0 Å². The molecule has 1 aromatic heterocycles. The van der Waals surface area contributed by atoms with Crippen LogP contribution in [0.4, 0.5) is 0 Å². The van der Waals surface area contributed by atoms with E-state index in [-0.39, 0.29) is 0 Å². The Morgan fingerprint density at radius 1 is 1.40 bits per heavy atom. The van der Waals surface area contributed by atoms with Crippen LogP contribution in [-0.4, -0.2) is 27.8 Å². The van der Waals surface area contributed by atoms with E-state index in [0.29, 0.717) is 11.3 Å². The van der Waals surface area contributed by atoms with Crippen molar-refractivity contribution >= 4 is 22.8 Å². The van der Waals surface area contributed by atoms with Crippen molar-refractivity contribution < 1.29 is 0 Å². The maximum atomic E-state index is 4.69. The number of aromatic nitrogens is 2. The smallest absolute Gasteiger partial charge is 0.166 e. The summed E-state index contributed by atoms with van der Waals surface area (Å²) in [5.41, 5.74) is 3.52. The Kier molecular flexibility index (Phi) is 4.32. The summed E-state index contributed by atoms with van der Waals surface area (Å²) in [5.74, 6) is 0. The molecule has 2 unspecified atom stereocenters. The van der Waals surface area contributed by atoms with E-state index in [0.717, 1.165) is 22.7 Å². The van der Waals surface area contributed by atoms with Crippen LogP contribution in [0, 0.1) is 6.92 Å². The highest BCUT2D eigenvalue weighted by Crippen LogP contribution is 2.34. The molecule has 3 nitrogen and oxygen atoms in total. The molecule has 3 rings (SSSR count). The molecule has 4 heteroatoms. The van der Waals surface area contributed by atoms with E-state index < -0.39 is 0 Å². The van der Waals surface area contributed by atoms with Gasteiger partial charge < -0.3 is 10.3 Å². The number of aromatic amines is 1. The van der Waals surface area contributed by atoms with Crippen LogP contribution in [0.1, 0.15) is 38.2 Å². The quantitative estimate of drug-likeness (QED) is 0.877. The van der Waals surface area contributed by atoms with Crippen molar-refractivity contribution in [2.24, 2.45) is 0 Å². The minimum absolute atomic E-state index is 0.700. The Labute approximate surface area is 124 Å². The van der Waals surface area contributed by atoms with Gasteiger partial charge in [-0.1, -0.05) is 24.8 Å². The number of nitrogens with zero attached hydrogens (tertiary/aromatic N) is 1. The molecule has 1 aliphatic carbocycles. The lowest BCUT2D eigenvalue weighted by molar-refractivity contribution is 0.524. The van der Waals surface area contributed by atoms with Gasteiger partial charge in [-0.2, -0.15) is 0 Å². The zero-order valence-corrected chi connectivity index (χ0v) is 13.1. The number of H-pyrrole nitrogens is 1. The Bertz CT molecular complexity index is 578. The number of nitrogens with one attached hydrogen (secondary N) is 2. The molecule has 1 fully saturated rings. The van der Waals surface area contributed by atoms with Crippen LogP contribution in [-0.2, 0) is 0 Å². The molecule has 20 heavy (non-hydrogen) atoms. The van der Waals surface area contributed by atoms with Crippen molar-refractivity contribution in [1.29, 1.82) is 0 Å². The average molecular weight is 289 g/mol. The Hall–Kier alpha value is -1.00. The molecule has 0 spiro atoms. The van der Waals surface area contributed by atoms with E-state index >= 15 is 0 Å². The highest BCUT2D eigenvalue weighted by Gasteiger charge is 2.25. The molecule has 2 atom stereocenters. The molecule has 1 aromatic carbocycles. The molecule has 108 valence electrons. The Balaban J connectivity index is 1.62. The predicted molar refractivity (Wildman–Crippen MR) is 86.4 cm³/mol. The maximum absolute atomic E-state index is 4.69. The second-order valence-corrected chi connectivity index (χ2v) is 7.06. The molecule has 0 saturated heterocycles. The second kappa shape index (κ2) is 6.19. The van der Waals surface area contributed by atoms with E-state index in [2.05, 4.69) is 42.3 Å². The van der Waals surface area contributed by atoms with Gasteiger partial charge in [-0.05, 0) is 56.8 Å². The van der Waals surface area contributed by atoms with Gasteiger partial charge in [-0.25, -0.2) is 4.98 Å². The summed E-state index contributed by atoms with van der Waals surface area (Å²) in [6, 6.07) is 7.11. The summed E-state index contributed by atoms with van der Waals surface area (Å²) in [6.07, 6.45) is 5.08. The molecule has 1 saturated carbocycles. The first-order chi connectivity index (χ1) is 9.74. The monoisotopic (exact) mass is 289 g/mol. The predicted octanol–water partition coefficient (Wildman–Crippen LogP) is 3.88. The van der Waals surface area contributed by atoms with Gasteiger partial charge in [0, 0.05) is 11.3 Å². The minimum atomic E-state index is 0.700. The van der Waals surface area contributed by atoms with Gasteiger partial charge in [0.05, 0.1) is 11.0 Å². The normalized spacial score (nSPS) is 22.7. The molecular weight excluding hydrogens is 266 g/mol. The molecule has 1 heterocycles. The van der Waals surface area contributed by atoms with Crippen LogP contribution in [0.15, 0.2) is 23.4 Å². The van der Waals surface area contributed by atoms with Gasteiger partial charge in [0.2, 0.25) is 0 Å². The molecule has 1 aliphatic rings. The van der Waals surface area contributed by atoms with Crippen molar-refractivity contribution in [3.8, 4) is 0 Å². The van der Waals surface area contributed by atoms with Crippen molar-refractivity contribution in [3.63, 3.8) is 0 Å². The van der Waals surface area contributed by atoms with Crippen molar-refractivity contribution in [1.82, 2.24) is 15.3 Å². The SMILES string of the molecule is CCCNC1CCC(Sc2nc3ccc(C)cc3[nH]2)C1. The fourth-order valence-corrected chi connectivity index (χ4v) is 4.11. The lowest BCUT2D eigenvalue weighted by atomic mass is 10.2. The number of aryl methyl sites for hydroxylation is 1. The fraction of sp³-hybridized carbons (Fsp3) is 0.562. The van der Waals surface area contributed by atoms with Crippen molar-refractivity contribution in [2.45, 2.75) is 56.0 Å². The standard InChI is InChI=1S/C16H23N3S/c1-3-8-17-12-5-6-13(10-12)20-16-18-14-7-4-11(2)9-15(14)19-16/h4,7,9,12-13,17H,3,5-6,8,10H2,1-2H3,(H,18,19). The first-order valence-electron chi connectivity index (χ1n) is 7.61. The van der Waals surface area contributed by atoms with Gasteiger partial charge >= 0.3 is 0 Å². The van der Waals surface area contributed by atoms with Gasteiger partial charge in [0.15, 0.2) is 5.16 Å². The van der Waals surface area contributed by atoms with Crippen LogP contribution in [0.5, 0.6) is 0 Å². The number of hydrogen-bond acceptors (Lipinski definition) is 3. The number of imidazole rings is 1.